The highest BCUT2D eigenvalue weighted by atomic mass is 35.5. The number of halogens is 1. The molecule has 100 valence electrons. The fraction of sp³-hybridized carbons (Fsp3) is 0.600. The molecule has 2 aliphatic heterocycles. The predicted octanol–water partition coefficient (Wildman–Crippen LogP) is 3.33. The minimum Gasteiger partial charge on any atom is -0.493 e. The quantitative estimate of drug-likeness (QED) is 0.907. The average molecular weight is 268 g/mol. The van der Waals surface area contributed by atoms with Crippen LogP contribution in [-0.4, -0.2) is 18.7 Å². The molecule has 0 saturated carbocycles. The molecule has 2 fully saturated rings. The van der Waals surface area contributed by atoms with E-state index in [0.717, 1.165) is 30.4 Å². The molecule has 2 nitrogen and oxygen atoms in total. The van der Waals surface area contributed by atoms with Gasteiger partial charge in [-0.05, 0) is 50.2 Å². The highest BCUT2D eigenvalue weighted by Crippen LogP contribution is 2.31. The van der Waals surface area contributed by atoms with Crippen molar-refractivity contribution in [3.05, 3.63) is 29.8 Å². The molecule has 0 spiro atoms. The van der Waals surface area contributed by atoms with Crippen LogP contribution in [0.3, 0.4) is 0 Å². The maximum absolute atomic E-state index is 5.97. The smallest absolute Gasteiger partial charge is 0.122 e. The van der Waals surface area contributed by atoms with E-state index in [1.165, 1.54) is 31.2 Å². The molecule has 1 aromatic rings. The summed E-state index contributed by atoms with van der Waals surface area (Å²) in [6.45, 7) is 3.00. The van der Waals surface area contributed by atoms with Crippen LogP contribution in [0.5, 0.6) is 5.75 Å². The molecular formula is C15H22ClNO. The van der Waals surface area contributed by atoms with Gasteiger partial charge in [0.25, 0.3) is 0 Å². The number of hydrogen-bond donors (Lipinski definition) is 1. The molecule has 0 amide bonds. The van der Waals surface area contributed by atoms with Crippen LogP contribution in [0.1, 0.15) is 31.2 Å². The van der Waals surface area contributed by atoms with Crippen molar-refractivity contribution in [2.75, 3.05) is 6.61 Å². The number of nitrogens with one attached hydrogen (secondary N) is 1. The topological polar surface area (TPSA) is 21.3 Å². The first-order chi connectivity index (χ1) is 8.31. The van der Waals surface area contributed by atoms with Crippen LogP contribution in [0.4, 0.5) is 0 Å². The van der Waals surface area contributed by atoms with E-state index >= 15 is 0 Å². The fourth-order valence-electron chi connectivity index (χ4n) is 3.24. The highest BCUT2D eigenvalue weighted by molar-refractivity contribution is 5.85. The van der Waals surface area contributed by atoms with Crippen molar-refractivity contribution < 1.29 is 4.74 Å². The van der Waals surface area contributed by atoms with E-state index in [0.29, 0.717) is 0 Å². The zero-order chi connectivity index (χ0) is 11.7. The lowest BCUT2D eigenvalue weighted by atomic mass is 9.93. The van der Waals surface area contributed by atoms with Gasteiger partial charge < -0.3 is 10.1 Å². The number of aryl methyl sites for hydroxylation is 1. The van der Waals surface area contributed by atoms with Crippen molar-refractivity contribution in [2.45, 2.75) is 44.7 Å². The number of fused-ring (bicyclic) bond motifs is 2. The molecule has 2 heterocycles. The van der Waals surface area contributed by atoms with E-state index < -0.39 is 0 Å². The number of benzene rings is 1. The Morgan fingerprint density at radius 1 is 1.17 bits per heavy atom. The van der Waals surface area contributed by atoms with Crippen molar-refractivity contribution in [1.82, 2.24) is 5.32 Å². The second-order valence-electron chi connectivity index (χ2n) is 5.55. The number of para-hydroxylation sites is 1. The lowest BCUT2D eigenvalue weighted by molar-refractivity contribution is 0.189. The Morgan fingerprint density at radius 3 is 2.50 bits per heavy atom. The number of hydrogen-bond acceptors (Lipinski definition) is 2. The molecule has 3 rings (SSSR count). The minimum atomic E-state index is 0. The summed E-state index contributed by atoms with van der Waals surface area (Å²) < 4.78 is 5.97. The van der Waals surface area contributed by atoms with Gasteiger partial charge in [0, 0.05) is 12.1 Å². The van der Waals surface area contributed by atoms with Gasteiger partial charge in [0.05, 0.1) is 6.61 Å². The average Bonchev–Trinajstić information content (AvgIpc) is 2.68. The van der Waals surface area contributed by atoms with Crippen LogP contribution in [0.25, 0.3) is 0 Å². The largest absolute Gasteiger partial charge is 0.493 e. The summed E-state index contributed by atoms with van der Waals surface area (Å²) in [6, 6.07) is 9.83. The summed E-state index contributed by atoms with van der Waals surface area (Å²) in [5.41, 5.74) is 1.24. The van der Waals surface area contributed by atoms with E-state index in [2.05, 4.69) is 36.5 Å². The van der Waals surface area contributed by atoms with Crippen LogP contribution < -0.4 is 10.1 Å². The van der Waals surface area contributed by atoms with Crippen molar-refractivity contribution >= 4 is 12.4 Å². The molecule has 0 aliphatic carbocycles. The van der Waals surface area contributed by atoms with Crippen molar-refractivity contribution in [3.63, 3.8) is 0 Å². The van der Waals surface area contributed by atoms with E-state index in [1.807, 2.05) is 0 Å². The molecule has 3 atom stereocenters. The van der Waals surface area contributed by atoms with E-state index in [4.69, 9.17) is 4.74 Å². The monoisotopic (exact) mass is 267 g/mol. The lowest BCUT2D eigenvalue weighted by Gasteiger charge is -2.29. The third kappa shape index (κ3) is 2.99. The third-order valence-corrected chi connectivity index (χ3v) is 4.14. The number of piperidine rings is 1. The predicted molar refractivity (Wildman–Crippen MR) is 76.6 cm³/mol. The van der Waals surface area contributed by atoms with Gasteiger partial charge in [0.2, 0.25) is 0 Å². The van der Waals surface area contributed by atoms with E-state index in [-0.39, 0.29) is 12.4 Å². The minimum absolute atomic E-state index is 0. The van der Waals surface area contributed by atoms with Gasteiger partial charge >= 0.3 is 0 Å². The van der Waals surface area contributed by atoms with Crippen LogP contribution >= 0.6 is 12.4 Å². The first-order valence-electron chi connectivity index (χ1n) is 6.76. The molecule has 18 heavy (non-hydrogen) atoms. The summed E-state index contributed by atoms with van der Waals surface area (Å²) in [6.07, 6.45) is 5.32. The summed E-state index contributed by atoms with van der Waals surface area (Å²) >= 11 is 0. The Morgan fingerprint density at radius 2 is 1.83 bits per heavy atom. The van der Waals surface area contributed by atoms with Crippen LogP contribution in [-0.2, 0) is 0 Å². The van der Waals surface area contributed by atoms with Gasteiger partial charge in [-0.2, -0.15) is 0 Å². The van der Waals surface area contributed by atoms with Crippen molar-refractivity contribution in [2.24, 2.45) is 5.92 Å². The highest BCUT2D eigenvalue weighted by Gasteiger charge is 2.33. The van der Waals surface area contributed by atoms with Gasteiger partial charge in [0.15, 0.2) is 0 Å². The summed E-state index contributed by atoms with van der Waals surface area (Å²) in [5, 5.41) is 3.67. The first kappa shape index (κ1) is 13.7. The maximum Gasteiger partial charge on any atom is 0.122 e. The van der Waals surface area contributed by atoms with Gasteiger partial charge in [-0.15, -0.1) is 12.4 Å². The molecule has 0 radical (unpaired) electrons. The normalized spacial score (nSPS) is 29.7. The van der Waals surface area contributed by atoms with Gasteiger partial charge in [-0.3, -0.25) is 0 Å². The molecule has 3 heteroatoms. The molecular weight excluding hydrogens is 246 g/mol. The molecule has 2 bridgehead atoms. The molecule has 1 aromatic carbocycles. The number of rotatable bonds is 3. The van der Waals surface area contributed by atoms with Gasteiger partial charge in [0.1, 0.15) is 5.75 Å². The zero-order valence-electron chi connectivity index (χ0n) is 10.9. The van der Waals surface area contributed by atoms with Crippen molar-refractivity contribution in [1.29, 1.82) is 0 Å². The zero-order valence-corrected chi connectivity index (χ0v) is 11.7. The van der Waals surface area contributed by atoms with Crippen LogP contribution in [0.2, 0.25) is 0 Å². The second-order valence-corrected chi connectivity index (χ2v) is 5.55. The van der Waals surface area contributed by atoms with Crippen LogP contribution in [0.15, 0.2) is 24.3 Å². The summed E-state index contributed by atoms with van der Waals surface area (Å²) in [5.74, 6) is 1.80. The molecule has 0 unspecified atom stereocenters. The van der Waals surface area contributed by atoms with E-state index in [9.17, 15) is 0 Å². The van der Waals surface area contributed by atoms with Gasteiger partial charge in [-0.25, -0.2) is 0 Å². The maximum atomic E-state index is 5.97. The van der Waals surface area contributed by atoms with Crippen LogP contribution in [0, 0.1) is 12.8 Å². The van der Waals surface area contributed by atoms with Gasteiger partial charge in [-0.1, -0.05) is 18.2 Å². The Kier molecular flexibility index (Phi) is 4.52. The summed E-state index contributed by atoms with van der Waals surface area (Å²) in [4.78, 5) is 0. The summed E-state index contributed by atoms with van der Waals surface area (Å²) in [7, 11) is 0. The van der Waals surface area contributed by atoms with Crippen molar-refractivity contribution in [3.8, 4) is 5.75 Å². The molecule has 0 aromatic heterocycles. The Labute approximate surface area is 116 Å². The lowest BCUT2D eigenvalue weighted by Crippen LogP contribution is -2.39. The first-order valence-corrected chi connectivity index (χ1v) is 6.76. The Balaban J connectivity index is 0.00000120. The standard InChI is InChI=1S/C15H21NO.ClH/c1-11-4-2-3-5-15(11)17-10-12-8-13-6-7-14(9-12)16-13;/h2-5,12-14,16H,6-10H2,1H3;1H/t12-,13-,14+;. The second kappa shape index (κ2) is 5.94. The Bertz CT molecular complexity index is 384. The molecule has 2 saturated heterocycles. The third-order valence-electron chi connectivity index (χ3n) is 4.14. The number of ether oxygens (including phenoxy) is 1. The Hall–Kier alpha value is -0.730. The SMILES string of the molecule is Cc1ccccc1OC[C@@H]1C[C@H]2CC[C@@H](C1)N2.Cl. The molecule has 2 aliphatic rings. The molecule has 1 N–H and O–H groups in total. The van der Waals surface area contributed by atoms with E-state index in [1.54, 1.807) is 0 Å². The fourth-order valence-corrected chi connectivity index (χ4v) is 3.24.